The molecule has 1 aromatic carbocycles. The lowest BCUT2D eigenvalue weighted by Crippen LogP contribution is -2.37. The fourth-order valence-electron chi connectivity index (χ4n) is 3.02. The van der Waals surface area contributed by atoms with Gasteiger partial charge in [-0.2, -0.15) is 13.2 Å². The van der Waals surface area contributed by atoms with E-state index >= 15 is 0 Å². The number of thiophene rings is 1. The van der Waals surface area contributed by atoms with Crippen molar-refractivity contribution in [2.24, 2.45) is 0 Å². The number of sulfonamides is 1. The number of aromatic nitrogens is 1. The number of halogens is 4. The Labute approximate surface area is 203 Å². The lowest BCUT2D eigenvalue weighted by atomic mass is 10.1. The van der Waals surface area contributed by atoms with Crippen LogP contribution < -0.4 is 5.32 Å². The molecule has 0 saturated heterocycles. The number of hydrogen-bond acceptors (Lipinski definition) is 5. The Kier molecular flexibility index (Phi) is 7.69. The molecule has 3 rings (SSSR count). The third-order valence-electron chi connectivity index (χ3n) is 4.73. The van der Waals surface area contributed by atoms with E-state index in [1.807, 2.05) is 0 Å². The van der Waals surface area contributed by atoms with Gasteiger partial charge in [0.2, 0.25) is 0 Å². The number of alkyl halides is 3. The van der Waals surface area contributed by atoms with E-state index in [0.717, 1.165) is 27.8 Å². The molecule has 1 N–H and O–H groups in total. The van der Waals surface area contributed by atoms with Crippen LogP contribution in [0.4, 0.5) is 13.2 Å². The molecule has 0 aliphatic heterocycles. The Morgan fingerprint density at radius 3 is 2.41 bits per heavy atom. The van der Waals surface area contributed by atoms with Crippen LogP contribution in [0.5, 0.6) is 0 Å². The molecule has 0 atom stereocenters. The van der Waals surface area contributed by atoms with Crippen molar-refractivity contribution in [1.29, 1.82) is 0 Å². The van der Waals surface area contributed by atoms with E-state index in [1.165, 1.54) is 30.5 Å². The molecule has 1 amide bonds. The maximum Gasteiger partial charge on any atom is 0.416 e. The second-order valence-electron chi connectivity index (χ2n) is 6.98. The molecule has 0 saturated carbocycles. The molecule has 12 heteroatoms. The number of nitrogens with one attached hydrogen (secondary N) is 1. The van der Waals surface area contributed by atoms with E-state index in [1.54, 1.807) is 19.1 Å². The van der Waals surface area contributed by atoms with Gasteiger partial charge in [-0.15, -0.1) is 11.3 Å². The van der Waals surface area contributed by atoms with Gasteiger partial charge in [-0.1, -0.05) is 30.3 Å². The summed E-state index contributed by atoms with van der Waals surface area (Å²) in [5.41, 5.74) is 0.486. The van der Waals surface area contributed by atoms with Gasteiger partial charge in [0.1, 0.15) is 9.91 Å². The molecule has 0 aliphatic carbocycles. The van der Waals surface area contributed by atoms with E-state index in [2.05, 4.69) is 16.9 Å². The van der Waals surface area contributed by atoms with E-state index in [4.69, 9.17) is 11.6 Å². The summed E-state index contributed by atoms with van der Waals surface area (Å²) in [6.07, 6.45) is -2.97. The predicted octanol–water partition coefficient (Wildman–Crippen LogP) is 5.32. The normalized spacial score (nSPS) is 11.8. The summed E-state index contributed by atoms with van der Waals surface area (Å²) in [4.78, 5) is 16.8. The number of carbonyl (C=O) groups is 1. The maximum atomic E-state index is 12.8. The first-order valence-electron chi connectivity index (χ1n) is 9.81. The first-order chi connectivity index (χ1) is 15.9. The van der Waals surface area contributed by atoms with E-state index in [9.17, 15) is 26.4 Å². The fourth-order valence-corrected chi connectivity index (χ4v) is 6.07. The molecule has 34 heavy (non-hydrogen) atoms. The van der Waals surface area contributed by atoms with Crippen LogP contribution in [0.1, 0.15) is 18.1 Å². The highest BCUT2D eigenvalue weighted by Gasteiger charge is 2.30. The largest absolute Gasteiger partial charge is 0.416 e. The molecular formula is C22H19ClF3N3O3S2. The second kappa shape index (κ2) is 10.2. The van der Waals surface area contributed by atoms with Crippen LogP contribution in [-0.2, 0) is 27.5 Å². The number of rotatable bonds is 8. The quantitative estimate of drug-likeness (QED) is 0.400. The Hall–Kier alpha value is -2.89. The zero-order valence-corrected chi connectivity index (χ0v) is 20.2. The van der Waals surface area contributed by atoms with Crippen molar-refractivity contribution in [3.8, 4) is 11.3 Å². The number of nitrogens with zero attached hydrogens (tertiary/aromatic N) is 2. The molecule has 0 fully saturated rings. The van der Waals surface area contributed by atoms with Crippen LogP contribution in [0.3, 0.4) is 0 Å². The first-order valence-corrected chi connectivity index (χ1v) is 12.4. The highest BCUT2D eigenvalue weighted by molar-refractivity contribution is 7.91. The average molecular weight is 530 g/mol. The molecule has 0 spiro atoms. The van der Waals surface area contributed by atoms with Gasteiger partial charge in [0, 0.05) is 24.8 Å². The molecular weight excluding hydrogens is 511 g/mol. The third kappa shape index (κ3) is 5.78. The average Bonchev–Trinajstić information content (AvgIpc) is 3.24. The number of amides is 1. The van der Waals surface area contributed by atoms with Gasteiger partial charge in [0.25, 0.3) is 15.9 Å². The molecule has 2 heterocycles. The molecule has 0 bridgehead atoms. The van der Waals surface area contributed by atoms with Crippen LogP contribution in [-0.4, -0.2) is 30.2 Å². The minimum absolute atomic E-state index is 0.0105. The van der Waals surface area contributed by atoms with Gasteiger partial charge >= 0.3 is 6.18 Å². The molecule has 0 radical (unpaired) electrons. The van der Waals surface area contributed by atoms with Crippen LogP contribution >= 0.6 is 22.9 Å². The topological polar surface area (TPSA) is 79.4 Å². The molecule has 0 unspecified atom stereocenters. The summed E-state index contributed by atoms with van der Waals surface area (Å²) < 4.78 is 65.2. The Morgan fingerprint density at radius 2 is 1.85 bits per heavy atom. The maximum absolute atomic E-state index is 12.8. The third-order valence-corrected chi connectivity index (χ3v) is 8.34. The Bertz CT molecular complexity index is 1310. The number of hydrogen-bond donors (Lipinski definition) is 1. The van der Waals surface area contributed by atoms with Crippen molar-refractivity contribution in [3.05, 3.63) is 82.5 Å². The molecule has 180 valence electrons. The molecule has 0 aliphatic rings. The summed E-state index contributed by atoms with van der Waals surface area (Å²) in [5.74, 6) is -0.694. The smallest absolute Gasteiger partial charge is 0.347 e. The Morgan fingerprint density at radius 1 is 1.18 bits per heavy atom. The van der Waals surface area contributed by atoms with Crippen molar-refractivity contribution >= 4 is 38.9 Å². The summed E-state index contributed by atoms with van der Waals surface area (Å²) in [6, 6.07) is 10.6. The summed E-state index contributed by atoms with van der Waals surface area (Å²) in [7, 11) is -4.00. The highest BCUT2D eigenvalue weighted by Crippen LogP contribution is 2.31. The minimum Gasteiger partial charge on any atom is -0.347 e. The van der Waals surface area contributed by atoms with Crippen molar-refractivity contribution < 1.29 is 26.4 Å². The van der Waals surface area contributed by atoms with E-state index in [-0.39, 0.29) is 23.0 Å². The van der Waals surface area contributed by atoms with Crippen LogP contribution in [0, 0.1) is 0 Å². The summed E-state index contributed by atoms with van der Waals surface area (Å²) in [5, 5.41) is 2.61. The SMILES string of the molecule is C=C(C(=O)NCc1ccnc(-c2ccc(C(F)(F)F)cc2)c1)N(CC)S(=O)(=O)c1ccc(Cl)s1. The zero-order chi connectivity index (χ0) is 25.1. The van der Waals surface area contributed by atoms with E-state index in [0.29, 0.717) is 21.2 Å². The van der Waals surface area contributed by atoms with Gasteiger partial charge in [-0.05, 0) is 48.9 Å². The van der Waals surface area contributed by atoms with Crippen LogP contribution in [0.25, 0.3) is 11.3 Å². The standard InChI is InChI=1S/C22H19ClF3N3O3S2/c1-3-29(34(31,32)20-9-8-19(23)33-20)14(2)21(30)28-13-15-10-11-27-18(12-15)16-4-6-17(7-5-16)22(24,25)26/h4-12H,2-3,13H2,1H3,(H,28,30). The highest BCUT2D eigenvalue weighted by atomic mass is 35.5. The van der Waals surface area contributed by atoms with Gasteiger partial charge in [-0.3, -0.25) is 14.1 Å². The van der Waals surface area contributed by atoms with Gasteiger partial charge < -0.3 is 5.32 Å². The minimum atomic E-state index is -4.43. The lowest BCUT2D eigenvalue weighted by Gasteiger charge is -2.23. The molecule has 2 aromatic heterocycles. The molecule has 3 aromatic rings. The summed E-state index contributed by atoms with van der Waals surface area (Å²) in [6.45, 7) is 5.21. The van der Waals surface area contributed by atoms with Crippen molar-refractivity contribution in [1.82, 2.24) is 14.6 Å². The monoisotopic (exact) mass is 529 g/mol. The van der Waals surface area contributed by atoms with Crippen molar-refractivity contribution in [2.45, 2.75) is 23.9 Å². The van der Waals surface area contributed by atoms with Gasteiger partial charge in [0.05, 0.1) is 15.6 Å². The van der Waals surface area contributed by atoms with Crippen LogP contribution in [0.15, 0.2) is 71.2 Å². The Balaban J connectivity index is 1.70. The first kappa shape index (κ1) is 25.7. The second-order valence-corrected chi connectivity index (χ2v) is 10.8. The summed E-state index contributed by atoms with van der Waals surface area (Å²) >= 11 is 6.71. The van der Waals surface area contributed by atoms with Crippen molar-refractivity contribution in [2.75, 3.05) is 6.54 Å². The predicted molar refractivity (Wildman–Crippen MR) is 125 cm³/mol. The van der Waals surface area contributed by atoms with Crippen LogP contribution in [0.2, 0.25) is 4.34 Å². The number of benzene rings is 1. The lowest BCUT2D eigenvalue weighted by molar-refractivity contribution is -0.137. The zero-order valence-electron chi connectivity index (χ0n) is 17.8. The van der Waals surface area contributed by atoms with E-state index < -0.39 is 27.7 Å². The van der Waals surface area contributed by atoms with Gasteiger partial charge in [-0.25, -0.2) is 8.42 Å². The number of carbonyl (C=O) groups excluding carboxylic acids is 1. The molecule has 6 nitrogen and oxygen atoms in total. The van der Waals surface area contributed by atoms with Crippen molar-refractivity contribution in [3.63, 3.8) is 0 Å². The fraction of sp³-hybridized carbons (Fsp3) is 0.182. The number of pyridine rings is 1. The number of likely N-dealkylation sites (N-methyl/N-ethyl adjacent to an activating group) is 1. The van der Waals surface area contributed by atoms with Gasteiger partial charge in [0.15, 0.2) is 0 Å².